The molecule has 0 bridgehead atoms. The Balaban J connectivity index is 1.81. The monoisotopic (exact) mass is 436 g/mol. The van der Waals surface area contributed by atoms with Gasteiger partial charge in [-0.2, -0.15) is 0 Å². The fourth-order valence-electron chi connectivity index (χ4n) is 3.51. The van der Waals surface area contributed by atoms with Crippen molar-refractivity contribution in [3.8, 4) is 29.2 Å². The number of aliphatic hydroxyl groups excluding tert-OH is 3. The first-order valence-corrected chi connectivity index (χ1v) is 10.3. The highest BCUT2D eigenvalue weighted by atomic mass is 16.5. The Labute approximate surface area is 187 Å². The second kappa shape index (κ2) is 10.9. The molecule has 0 saturated heterocycles. The molecule has 4 atom stereocenters. The Kier molecular flexibility index (Phi) is 8.03. The summed E-state index contributed by atoms with van der Waals surface area (Å²) in [4.78, 5) is 4.13. The molecule has 4 unspecified atom stereocenters. The van der Waals surface area contributed by atoms with Crippen LogP contribution in [-0.2, 0) is 4.74 Å². The van der Waals surface area contributed by atoms with E-state index < -0.39 is 24.4 Å². The van der Waals surface area contributed by atoms with Gasteiger partial charge in [0.15, 0.2) is 0 Å². The molecule has 2 aromatic carbocycles. The van der Waals surface area contributed by atoms with Gasteiger partial charge in [0.2, 0.25) is 0 Å². The molecule has 168 valence electrons. The number of benzene rings is 2. The molecule has 0 spiro atoms. The number of terminal acetylenes is 1. The van der Waals surface area contributed by atoms with Crippen LogP contribution in [0.5, 0.6) is 5.75 Å². The molecule has 0 amide bonds. The smallest absolute Gasteiger partial charge is 0.138 e. The molecule has 7 nitrogen and oxygen atoms in total. The molecule has 0 saturated carbocycles. The molecule has 0 aliphatic carbocycles. The zero-order chi connectivity index (χ0) is 23.1. The predicted molar refractivity (Wildman–Crippen MR) is 121 cm³/mol. The van der Waals surface area contributed by atoms with Gasteiger partial charge in [-0.15, -0.1) is 6.42 Å². The molecule has 3 N–H and O–H groups in total. The van der Waals surface area contributed by atoms with Crippen LogP contribution in [0.4, 0.5) is 0 Å². The van der Waals surface area contributed by atoms with Crippen molar-refractivity contribution < 1.29 is 24.8 Å². The van der Waals surface area contributed by atoms with Crippen LogP contribution >= 0.6 is 0 Å². The van der Waals surface area contributed by atoms with Gasteiger partial charge < -0.3 is 29.4 Å². The first kappa shape index (κ1) is 23.5. The number of hydrogen-bond donors (Lipinski definition) is 3. The molecule has 1 aromatic heterocycles. The first-order valence-electron chi connectivity index (χ1n) is 10.3. The molecule has 1 heterocycles. The first-order chi connectivity index (χ1) is 15.5. The van der Waals surface area contributed by atoms with E-state index in [1.165, 1.54) is 7.11 Å². The predicted octanol–water partition coefficient (Wildman–Crippen LogP) is 2.90. The molecule has 0 aliphatic rings. The minimum absolute atomic E-state index is 0.113. The zero-order valence-electron chi connectivity index (χ0n) is 18.1. The Bertz CT molecular complexity index is 1040. The van der Waals surface area contributed by atoms with Gasteiger partial charge in [-0.3, -0.25) is 0 Å². The SMILES string of the molecule is C#CC(C(O)c1ccc(-c2ccccc2OCC(O)COC)cc1)n1ccnc1C(C)O. The second-order valence-corrected chi connectivity index (χ2v) is 7.46. The van der Waals surface area contributed by atoms with Crippen LogP contribution in [0.25, 0.3) is 11.1 Å². The van der Waals surface area contributed by atoms with Crippen molar-refractivity contribution in [1.82, 2.24) is 9.55 Å². The molecular weight excluding hydrogens is 408 g/mol. The van der Waals surface area contributed by atoms with Crippen molar-refractivity contribution in [3.63, 3.8) is 0 Å². The summed E-state index contributed by atoms with van der Waals surface area (Å²) in [6.45, 7) is 1.90. The maximum Gasteiger partial charge on any atom is 0.138 e. The van der Waals surface area contributed by atoms with Crippen molar-refractivity contribution in [3.05, 3.63) is 72.3 Å². The van der Waals surface area contributed by atoms with Gasteiger partial charge in [0.05, 0.1) is 6.61 Å². The van der Waals surface area contributed by atoms with E-state index in [1.54, 1.807) is 36.0 Å². The summed E-state index contributed by atoms with van der Waals surface area (Å²) >= 11 is 0. The van der Waals surface area contributed by atoms with E-state index in [0.29, 0.717) is 17.1 Å². The van der Waals surface area contributed by atoms with Crippen molar-refractivity contribution in [1.29, 1.82) is 0 Å². The summed E-state index contributed by atoms with van der Waals surface area (Å²) in [5.74, 6) is 3.63. The van der Waals surface area contributed by atoms with E-state index in [4.69, 9.17) is 15.9 Å². The van der Waals surface area contributed by atoms with Crippen molar-refractivity contribution in [2.45, 2.75) is 31.3 Å². The third kappa shape index (κ3) is 5.36. The molecule has 7 heteroatoms. The number of hydrogen-bond acceptors (Lipinski definition) is 6. The number of aliphatic hydroxyl groups is 3. The van der Waals surface area contributed by atoms with E-state index in [2.05, 4.69) is 10.9 Å². The Morgan fingerprint density at radius 2 is 1.78 bits per heavy atom. The molecule has 3 rings (SSSR count). The quantitative estimate of drug-likeness (QED) is 0.423. The number of aromatic nitrogens is 2. The van der Waals surface area contributed by atoms with Crippen LogP contribution < -0.4 is 4.74 Å². The number of imidazole rings is 1. The van der Waals surface area contributed by atoms with E-state index >= 15 is 0 Å². The summed E-state index contributed by atoms with van der Waals surface area (Å²) < 4.78 is 12.3. The normalized spacial score (nSPS) is 14.9. The lowest BCUT2D eigenvalue weighted by Gasteiger charge is -2.23. The summed E-state index contributed by atoms with van der Waals surface area (Å²) in [6, 6.07) is 14.2. The van der Waals surface area contributed by atoms with Gasteiger partial charge >= 0.3 is 0 Å². The Morgan fingerprint density at radius 3 is 2.44 bits per heavy atom. The highest BCUT2D eigenvalue weighted by Gasteiger charge is 2.24. The molecule has 0 radical (unpaired) electrons. The topological polar surface area (TPSA) is 97.0 Å². The molecular formula is C25H28N2O5. The lowest BCUT2D eigenvalue weighted by molar-refractivity contribution is 0.0327. The molecule has 0 aliphatic heterocycles. The third-order valence-electron chi connectivity index (χ3n) is 5.08. The minimum Gasteiger partial charge on any atom is -0.490 e. The van der Waals surface area contributed by atoms with Crippen LogP contribution in [-0.4, -0.2) is 51.3 Å². The molecule has 32 heavy (non-hydrogen) atoms. The third-order valence-corrected chi connectivity index (χ3v) is 5.08. The standard InChI is InChI=1S/C25H28N2O5/c1-4-22(27-14-13-26-25(27)17(2)28)24(30)19-11-9-18(10-12-19)21-7-5-6-8-23(21)32-16-20(29)15-31-3/h1,5-14,17,20,22,24,28-30H,15-16H2,2-3H3. The number of ether oxygens (including phenoxy) is 2. The maximum atomic E-state index is 10.9. The van der Waals surface area contributed by atoms with Gasteiger partial charge in [-0.1, -0.05) is 48.4 Å². The second-order valence-electron chi connectivity index (χ2n) is 7.46. The summed E-state index contributed by atoms with van der Waals surface area (Å²) in [5.41, 5.74) is 2.39. The summed E-state index contributed by atoms with van der Waals surface area (Å²) in [7, 11) is 1.52. The average molecular weight is 437 g/mol. The lowest BCUT2D eigenvalue weighted by Crippen LogP contribution is -2.22. The Morgan fingerprint density at radius 1 is 1.06 bits per heavy atom. The summed E-state index contributed by atoms with van der Waals surface area (Å²) in [6.07, 6.45) is 6.38. The van der Waals surface area contributed by atoms with Crippen molar-refractivity contribution in [2.24, 2.45) is 0 Å². The fourth-order valence-corrected chi connectivity index (χ4v) is 3.51. The number of methoxy groups -OCH3 is 1. The molecule has 3 aromatic rings. The van der Waals surface area contributed by atoms with Crippen LogP contribution in [0, 0.1) is 12.3 Å². The largest absolute Gasteiger partial charge is 0.490 e. The lowest BCUT2D eigenvalue weighted by atomic mass is 9.98. The number of para-hydroxylation sites is 1. The fraction of sp³-hybridized carbons (Fsp3) is 0.320. The van der Waals surface area contributed by atoms with E-state index in [0.717, 1.165) is 11.1 Å². The van der Waals surface area contributed by atoms with Crippen LogP contribution in [0.15, 0.2) is 60.9 Å². The molecule has 0 fully saturated rings. The van der Waals surface area contributed by atoms with E-state index in [-0.39, 0.29) is 13.2 Å². The average Bonchev–Trinajstić information content (AvgIpc) is 3.28. The highest BCUT2D eigenvalue weighted by Crippen LogP contribution is 2.33. The highest BCUT2D eigenvalue weighted by molar-refractivity contribution is 5.70. The van der Waals surface area contributed by atoms with Crippen LogP contribution in [0.1, 0.15) is 36.6 Å². The van der Waals surface area contributed by atoms with Gasteiger partial charge in [0, 0.05) is 25.1 Å². The number of nitrogens with zero attached hydrogens (tertiary/aromatic N) is 2. The van der Waals surface area contributed by atoms with E-state index in [9.17, 15) is 15.3 Å². The van der Waals surface area contributed by atoms with Gasteiger partial charge in [-0.25, -0.2) is 4.98 Å². The van der Waals surface area contributed by atoms with Gasteiger partial charge in [0.25, 0.3) is 0 Å². The van der Waals surface area contributed by atoms with Gasteiger partial charge in [-0.05, 0) is 24.1 Å². The number of rotatable bonds is 10. The van der Waals surface area contributed by atoms with E-state index in [1.807, 2.05) is 36.4 Å². The maximum absolute atomic E-state index is 10.9. The van der Waals surface area contributed by atoms with Crippen LogP contribution in [0.3, 0.4) is 0 Å². The summed E-state index contributed by atoms with van der Waals surface area (Å²) in [5, 5.41) is 30.7. The van der Waals surface area contributed by atoms with Crippen molar-refractivity contribution >= 4 is 0 Å². The van der Waals surface area contributed by atoms with Crippen molar-refractivity contribution in [2.75, 3.05) is 20.3 Å². The van der Waals surface area contributed by atoms with Gasteiger partial charge in [0.1, 0.15) is 42.5 Å². The minimum atomic E-state index is -0.989. The Hall–Kier alpha value is -3.15. The zero-order valence-corrected chi connectivity index (χ0v) is 18.1. The van der Waals surface area contributed by atoms with Crippen LogP contribution in [0.2, 0.25) is 0 Å².